The van der Waals surface area contributed by atoms with E-state index in [0.717, 1.165) is 31.2 Å². The molecule has 0 spiro atoms. The van der Waals surface area contributed by atoms with Crippen LogP contribution in [0.25, 0.3) is 12.2 Å². The zero-order valence-corrected chi connectivity index (χ0v) is 18.7. The highest BCUT2D eigenvalue weighted by molar-refractivity contribution is 9.11. The first-order valence-electron chi connectivity index (χ1n) is 9.01. The predicted octanol–water partition coefficient (Wildman–Crippen LogP) is 6.37. The van der Waals surface area contributed by atoms with Crippen molar-refractivity contribution in [3.05, 3.63) is 92.1 Å². The maximum absolute atomic E-state index is 10.8. The van der Waals surface area contributed by atoms with E-state index in [9.17, 15) is 4.79 Å². The van der Waals surface area contributed by atoms with Gasteiger partial charge >= 0.3 is 5.97 Å². The van der Waals surface area contributed by atoms with E-state index in [1.54, 1.807) is 12.4 Å². The van der Waals surface area contributed by atoms with Crippen LogP contribution in [-0.4, -0.2) is 16.1 Å². The van der Waals surface area contributed by atoms with E-state index >= 15 is 0 Å². The first kappa shape index (κ1) is 21.3. The van der Waals surface area contributed by atoms with Crippen molar-refractivity contribution >= 4 is 50.0 Å². The van der Waals surface area contributed by atoms with Crippen molar-refractivity contribution in [2.45, 2.75) is 19.4 Å². The molecule has 0 bridgehead atoms. The molecule has 0 aliphatic heterocycles. The fraction of sp³-hybridized carbons (Fsp3) is 0.130. The zero-order chi connectivity index (χ0) is 20.6. The molecule has 0 aliphatic carbocycles. The lowest BCUT2D eigenvalue weighted by atomic mass is 10.1. The normalized spacial score (nSPS) is 11.0. The molecular weight excluding hydrogens is 498 g/mol. The Morgan fingerprint density at radius 2 is 1.66 bits per heavy atom. The smallest absolute Gasteiger partial charge is 0.303 e. The number of nitrogens with zero attached hydrogens (tertiary/aromatic N) is 1. The zero-order valence-electron chi connectivity index (χ0n) is 15.5. The molecule has 3 rings (SSSR count). The Morgan fingerprint density at radius 1 is 0.966 bits per heavy atom. The number of aliphatic carboxylic acids is 1. The van der Waals surface area contributed by atoms with Crippen LogP contribution in [0.5, 0.6) is 5.75 Å². The highest BCUT2D eigenvalue weighted by atomic mass is 79.9. The quantitative estimate of drug-likeness (QED) is 0.377. The molecule has 4 nitrogen and oxygen atoms in total. The van der Waals surface area contributed by atoms with Crippen LogP contribution in [0.15, 0.2) is 69.9 Å². The van der Waals surface area contributed by atoms with Crippen molar-refractivity contribution in [3.8, 4) is 5.75 Å². The van der Waals surface area contributed by atoms with Gasteiger partial charge in [-0.15, -0.1) is 0 Å². The monoisotopic (exact) mass is 515 g/mol. The number of halogens is 2. The lowest BCUT2D eigenvalue weighted by Crippen LogP contribution is -2.00. The Hall–Kier alpha value is -2.44. The summed E-state index contributed by atoms with van der Waals surface area (Å²) in [6.45, 7) is 0.419. The van der Waals surface area contributed by atoms with Gasteiger partial charge in [0, 0.05) is 18.8 Å². The molecule has 1 heterocycles. The van der Waals surface area contributed by atoms with E-state index in [-0.39, 0.29) is 6.42 Å². The van der Waals surface area contributed by atoms with Gasteiger partial charge in [0.1, 0.15) is 12.4 Å². The highest BCUT2D eigenvalue weighted by Gasteiger charge is 2.10. The van der Waals surface area contributed by atoms with Gasteiger partial charge in [-0.3, -0.25) is 9.78 Å². The standard InChI is InChI=1S/C23H19Br2NO3/c24-20-13-18(6-7-22(27)28)14-21(25)23(20)29-15-19-3-1-2-17(12-19)5-4-16-8-10-26-11-9-16/h1-5,8-14H,6-7,15H2,(H,27,28)/b5-4+. The average molecular weight is 517 g/mol. The largest absolute Gasteiger partial charge is 0.487 e. The minimum absolute atomic E-state index is 0.0961. The summed E-state index contributed by atoms with van der Waals surface area (Å²) in [5.74, 6) is -0.114. The Labute approximate surface area is 186 Å². The highest BCUT2D eigenvalue weighted by Crippen LogP contribution is 2.35. The van der Waals surface area contributed by atoms with Crippen molar-refractivity contribution in [2.75, 3.05) is 0 Å². The number of ether oxygens (including phenoxy) is 1. The maximum Gasteiger partial charge on any atom is 0.303 e. The van der Waals surface area contributed by atoms with Crippen molar-refractivity contribution in [2.24, 2.45) is 0 Å². The summed E-state index contributed by atoms with van der Waals surface area (Å²) in [4.78, 5) is 14.8. The first-order valence-corrected chi connectivity index (χ1v) is 10.6. The summed E-state index contributed by atoms with van der Waals surface area (Å²) >= 11 is 7.05. The number of aromatic nitrogens is 1. The third-order valence-electron chi connectivity index (χ3n) is 4.19. The van der Waals surface area contributed by atoms with Crippen LogP contribution in [-0.2, 0) is 17.8 Å². The van der Waals surface area contributed by atoms with E-state index in [4.69, 9.17) is 9.84 Å². The Balaban J connectivity index is 1.67. The van der Waals surface area contributed by atoms with Crippen LogP contribution in [0, 0.1) is 0 Å². The minimum Gasteiger partial charge on any atom is -0.487 e. The molecule has 0 saturated heterocycles. The number of hydrogen-bond acceptors (Lipinski definition) is 3. The van der Waals surface area contributed by atoms with Crippen LogP contribution in [0.4, 0.5) is 0 Å². The average Bonchev–Trinajstić information content (AvgIpc) is 2.71. The van der Waals surface area contributed by atoms with Gasteiger partial charge in [-0.25, -0.2) is 0 Å². The Bertz CT molecular complexity index is 997. The van der Waals surface area contributed by atoms with Crippen LogP contribution in [0.1, 0.15) is 28.7 Å². The number of carboxylic acid groups (broad SMARTS) is 1. The Kier molecular flexibility index (Phi) is 7.61. The maximum atomic E-state index is 10.8. The fourth-order valence-electron chi connectivity index (χ4n) is 2.75. The van der Waals surface area contributed by atoms with E-state index in [2.05, 4.69) is 49.0 Å². The lowest BCUT2D eigenvalue weighted by molar-refractivity contribution is -0.136. The number of rotatable bonds is 8. The van der Waals surface area contributed by atoms with Crippen molar-refractivity contribution < 1.29 is 14.6 Å². The van der Waals surface area contributed by atoms with Gasteiger partial charge in [-0.1, -0.05) is 30.4 Å². The van der Waals surface area contributed by atoms with E-state index in [1.165, 1.54) is 0 Å². The van der Waals surface area contributed by atoms with Gasteiger partial charge in [0.05, 0.1) is 8.95 Å². The number of carboxylic acids is 1. The second kappa shape index (κ2) is 10.4. The van der Waals surface area contributed by atoms with Crippen molar-refractivity contribution in [1.29, 1.82) is 0 Å². The molecule has 0 atom stereocenters. The number of aryl methyl sites for hydroxylation is 1. The molecule has 0 fully saturated rings. The molecule has 2 aromatic carbocycles. The SMILES string of the molecule is O=C(O)CCc1cc(Br)c(OCc2cccc(/C=C/c3ccncc3)c2)c(Br)c1. The molecule has 3 aromatic rings. The van der Waals surface area contributed by atoms with Gasteiger partial charge in [0.2, 0.25) is 0 Å². The summed E-state index contributed by atoms with van der Waals surface area (Å²) in [6, 6.07) is 15.9. The third-order valence-corrected chi connectivity index (χ3v) is 5.37. The topological polar surface area (TPSA) is 59.4 Å². The molecular formula is C23H19Br2NO3. The summed E-state index contributed by atoms with van der Waals surface area (Å²) < 4.78 is 7.59. The summed E-state index contributed by atoms with van der Waals surface area (Å²) in [5, 5.41) is 8.85. The number of benzene rings is 2. The van der Waals surface area contributed by atoms with E-state index < -0.39 is 5.97 Å². The molecule has 0 radical (unpaired) electrons. The van der Waals surface area contributed by atoms with Gasteiger partial charge < -0.3 is 9.84 Å². The molecule has 0 saturated carbocycles. The van der Waals surface area contributed by atoms with Gasteiger partial charge in [-0.05, 0) is 90.9 Å². The summed E-state index contributed by atoms with van der Waals surface area (Å²) in [5.41, 5.74) is 4.17. The van der Waals surface area contributed by atoms with Gasteiger partial charge in [-0.2, -0.15) is 0 Å². The number of carbonyl (C=O) groups is 1. The predicted molar refractivity (Wildman–Crippen MR) is 122 cm³/mol. The van der Waals surface area contributed by atoms with Gasteiger partial charge in [0.15, 0.2) is 0 Å². The van der Waals surface area contributed by atoms with Crippen LogP contribution >= 0.6 is 31.9 Å². The first-order chi connectivity index (χ1) is 14.0. The summed E-state index contributed by atoms with van der Waals surface area (Å²) in [7, 11) is 0. The van der Waals surface area contributed by atoms with E-state index in [0.29, 0.717) is 18.8 Å². The fourth-order valence-corrected chi connectivity index (χ4v) is 4.27. The number of pyridine rings is 1. The lowest BCUT2D eigenvalue weighted by Gasteiger charge is -2.12. The molecule has 29 heavy (non-hydrogen) atoms. The molecule has 1 aromatic heterocycles. The van der Waals surface area contributed by atoms with Crippen LogP contribution in [0.3, 0.4) is 0 Å². The molecule has 148 valence electrons. The molecule has 0 aliphatic rings. The third kappa shape index (κ3) is 6.54. The molecule has 0 unspecified atom stereocenters. The van der Waals surface area contributed by atoms with Gasteiger partial charge in [0.25, 0.3) is 0 Å². The molecule has 0 amide bonds. The summed E-state index contributed by atoms with van der Waals surface area (Å²) in [6.07, 6.45) is 8.21. The Morgan fingerprint density at radius 3 is 2.34 bits per heavy atom. The van der Waals surface area contributed by atoms with Crippen molar-refractivity contribution in [1.82, 2.24) is 4.98 Å². The molecule has 1 N–H and O–H groups in total. The van der Waals surface area contributed by atoms with Crippen LogP contribution < -0.4 is 4.74 Å². The number of hydrogen-bond donors (Lipinski definition) is 1. The molecule has 6 heteroatoms. The van der Waals surface area contributed by atoms with Crippen molar-refractivity contribution in [3.63, 3.8) is 0 Å². The van der Waals surface area contributed by atoms with E-state index in [1.807, 2.05) is 48.5 Å². The second-order valence-electron chi connectivity index (χ2n) is 6.43. The minimum atomic E-state index is -0.810. The van der Waals surface area contributed by atoms with Crippen LogP contribution in [0.2, 0.25) is 0 Å². The second-order valence-corrected chi connectivity index (χ2v) is 8.14.